The number of rotatable bonds is 13. The predicted octanol–water partition coefficient (Wildman–Crippen LogP) is 5.89. The quantitative estimate of drug-likeness (QED) is 0.226. The molecule has 49 heavy (non-hydrogen) atoms. The van der Waals surface area contributed by atoms with E-state index in [0.717, 1.165) is 5.56 Å². The van der Waals surface area contributed by atoms with Gasteiger partial charge >= 0.3 is 0 Å². The standard InChI is InChI=1S/C39H42ClN3O6/c1-5-22-41(27-16-18-28(19-17-27)48-7-3)36(45)32-31-20-21-39(49-31)33(32)37(46)43(30(24-44)26-13-9-8-10-14-26)35(39)38(47)42(23-6-2)34-25(4)12-11-15-29(34)40/h5-6,8-19,30-33,35,44H,1-2,7,20-24H2,3-4H3/t30-,31-,32+,33+,35?,39?/m1/s1. The summed E-state index contributed by atoms with van der Waals surface area (Å²) >= 11 is 6.72. The summed E-state index contributed by atoms with van der Waals surface area (Å²) < 4.78 is 12.4. The van der Waals surface area contributed by atoms with Crippen molar-refractivity contribution in [3.63, 3.8) is 0 Å². The molecule has 3 amide bonds. The third-order valence-electron chi connectivity index (χ3n) is 10.0. The van der Waals surface area contributed by atoms with Crippen molar-refractivity contribution in [3.8, 4) is 5.75 Å². The normalized spacial score (nSPS) is 24.3. The molecule has 256 valence electrons. The van der Waals surface area contributed by atoms with Crippen LogP contribution in [0.5, 0.6) is 5.75 Å². The van der Waals surface area contributed by atoms with E-state index in [9.17, 15) is 14.7 Å². The van der Waals surface area contributed by atoms with Crippen LogP contribution in [0.4, 0.5) is 11.4 Å². The van der Waals surface area contributed by atoms with Gasteiger partial charge in [-0.15, -0.1) is 13.2 Å². The van der Waals surface area contributed by atoms with E-state index in [4.69, 9.17) is 21.1 Å². The SMILES string of the molecule is C=CCN(C(=O)[C@@H]1[C@H]2C(=O)N([C@H](CO)c3ccccc3)C(C(=O)N(CC=C)c3c(C)cccc3Cl)C23CC[C@H]1O3)c1ccc(OCC)cc1. The number of halogens is 1. The monoisotopic (exact) mass is 683 g/mol. The fraction of sp³-hybridized carbons (Fsp3) is 0.359. The number of aryl methyl sites for hydroxylation is 1. The molecule has 6 atom stereocenters. The Morgan fingerprint density at radius 1 is 1.04 bits per heavy atom. The van der Waals surface area contributed by atoms with Gasteiger partial charge in [0.25, 0.3) is 5.91 Å². The van der Waals surface area contributed by atoms with Crippen LogP contribution in [0.1, 0.15) is 36.9 Å². The summed E-state index contributed by atoms with van der Waals surface area (Å²) in [5.74, 6) is -2.24. The molecule has 6 rings (SSSR count). The van der Waals surface area contributed by atoms with E-state index < -0.39 is 54.0 Å². The van der Waals surface area contributed by atoms with Gasteiger partial charge in [-0.05, 0) is 68.1 Å². The molecule has 3 fully saturated rings. The van der Waals surface area contributed by atoms with Crippen molar-refractivity contribution in [2.45, 2.75) is 50.5 Å². The van der Waals surface area contributed by atoms with Crippen LogP contribution >= 0.6 is 11.6 Å². The maximum absolute atomic E-state index is 15.1. The first-order valence-electron chi connectivity index (χ1n) is 16.7. The topological polar surface area (TPSA) is 99.6 Å². The van der Waals surface area contributed by atoms with E-state index in [2.05, 4.69) is 13.2 Å². The van der Waals surface area contributed by atoms with E-state index >= 15 is 4.79 Å². The van der Waals surface area contributed by atoms with Crippen molar-refractivity contribution in [3.05, 3.63) is 114 Å². The molecule has 10 heteroatoms. The maximum atomic E-state index is 15.1. The van der Waals surface area contributed by atoms with Crippen LogP contribution in [0.3, 0.4) is 0 Å². The second-order valence-corrected chi connectivity index (χ2v) is 13.1. The van der Waals surface area contributed by atoms with Crippen LogP contribution < -0.4 is 14.5 Å². The summed E-state index contributed by atoms with van der Waals surface area (Å²) in [6.07, 6.45) is 3.56. The molecule has 0 radical (unpaired) electrons. The number of likely N-dealkylation sites (tertiary alicyclic amines) is 1. The lowest BCUT2D eigenvalue weighted by atomic mass is 9.70. The molecule has 2 bridgehead atoms. The number of hydrogen-bond donors (Lipinski definition) is 1. The lowest BCUT2D eigenvalue weighted by molar-refractivity contribution is -0.144. The average Bonchev–Trinajstić information content (AvgIpc) is 3.75. The molecule has 3 heterocycles. The second-order valence-electron chi connectivity index (χ2n) is 12.7. The molecule has 3 aromatic carbocycles. The smallest absolute Gasteiger partial charge is 0.253 e. The van der Waals surface area contributed by atoms with Gasteiger partial charge in [-0.25, -0.2) is 0 Å². The van der Waals surface area contributed by atoms with Crippen molar-refractivity contribution in [1.29, 1.82) is 0 Å². The first kappa shape index (κ1) is 34.4. The number of carbonyl (C=O) groups excluding carboxylic acids is 3. The zero-order valence-corrected chi connectivity index (χ0v) is 28.6. The minimum Gasteiger partial charge on any atom is -0.494 e. The first-order chi connectivity index (χ1) is 23.7. The number of hydrogen-bond acceptors (Lipinski definition) is 6. The predicted molar refractivity (Wildman–Crippen MR) is 190 cm³/mol. The first-order valence-corrected chi connectivity index (χ1v) is 17.1. The van der Waals surface area contributed by atoms with Crippen molar-refractivity contribution < 1.29 is 29.0 Å². The summed E-state index contributed by atoms with van der Waals surface area (Å²) in [6.45, 7) is 11.9. The molecule has 2 unspecified atom stereocenters. The number of aliphatic hydroxyl groups excluding tert-OH is 1. The number of fused-ring (bicyclic) bond motifs is 1. The zero-order valence-electron chi connectivity index (χ0n) is 27.8. The van der Waals surface area contributed by atoms with Crippen LogP contribution in [-0.2, 0) is 19.1 Å². The molecular weight excluding hydrogens is 642 g/mol. The van der Waals surface area contributed by atoms with Crippen LogP contribution in [0.15, 0.2) is 98.1 Å². The molecule has 9 nitrogen and oxygen atoms in total. The largest absolute Gasteiger partial charge is 0.494 e. The molecular formula is C39H42ClN3O6. The van der Waals surface area contributed by atoms with Crippen LogP contribution in [0.2, 0.25) is 5.02 Å². The summed E-state index contributed by atoms with van der Waals surface area (Å²) in [5, 5.41) is 11.3. The van der Waals surface area contributed by atoms with Crippen LogP contribution in [0.25, 0.3) is 0 Å². The summed E-state index contributed by atoms with van der Waals surface area (Å²) in [7, 11) is 0. The summed E-state index contributed by atoms with van der Waals surface area (Å²) in [4.78, 5) is 49.4. The van der Waals surface area contributed by atoms with Crippen molar-refractivity contribution in [2.75, 3.05) is 36.1 Å². The highest BCUT2D eigenvalue weighted by molar-refractivity contribution is 6.34. The van der Waals surface area contributed by atoms with Gasteiger partial charge in [0, 0.05) is 18.8 Å². The number of carbonyl (C=O) groups is 3. The Balaban J connectivity index is 1.47. The lowest BCUT2D eigenvalue weighted by Gasteiger charge is -2.39. The fourth-order valence-corrected chi connectivity index (χ4v) is 8.39. The van der Waals surface area contributed by atoms with Crippen molar-refractivity contribution in [1.82, 2.24) is 4.90 Å². The Kier molecular flexibility index (Phi) is 9.97. The maximum Gasteiger partial charge on any atom is 0.253 e. The average molecular weight is 684 g/mol. The molecule has 1 spiro atoms. The van der Waals surface area contributed by atoms with Gasteiger partial charge in [0.05, 0.1) is 47.9 Å². The van der Waals surface area contributed by atoms with Crippen LogP contribution in [-0.4, -0.2) is 71.8 Å². The summed E-state index contributed by atoms with van der Waals surface area (Å²) in [5.41, 5.74) is 1.26. The molecule has 1 N–H and O–H groups in total. The van der Waals surface area contributed by atoms with E-state index in [-0.39, 0.29) is 19.0 Å². The Morgan fingerprint density at radius 2 is 1.73 bits per heavy atom. The number of anilines is 2. The van der Waals surface area contributed by atoms with Gasteiger partial charge in [-0.1, -0.05) is 66.2 Å². The van der Waals surface area contributed by atoms with E-state index in [1.54, 1.807) is 40.2 Å². The fourth-order valence-electron chi connectivity index (χ4n) is 8.07. The number of aliphatic hydroxyl groups is 1. The van der Waals surface area contributed by atoms with Crippen LogP contribution in [0, 0.1) is 18.8 Å². The minimum absolute atomic E-state index is 0.119. The highest BCUT2D eigenvalue weighted by Gasteiger charge is 2.75. The Labute approximate surface area is 292 Å². The molecule has 0 aromatic heterocycles. The third-order valence-corrected chi connectivity index (χ3v) is 10.3. The highest BCUT2D eigenvalue weighted by atomic mass is 35.5. The van der Waals surface area contributed by atoms with Gasteiger partial charge in [0.15, 0.2) is 0 Å². The van der Waals surface area contributed by atoms with Gasteiger partial charge in [0.2, 0.25) is 11.8 Å². The van der Waals surface area contributed by atoms with Gasteiger partial charge in [-0.3, -0.25) is 14.4 Å². The van der Waals surface area contributed by atoms with Gasteiger partial charge < -0.3 is 29.3 Å². The Hall–Kier alpha value is -4.44. The molecule has 0 saturated carbocycles. The Morgan fingerprint density at radius 3 is 2.37 bits per heavy atom. The number of benzene rings is 3. The minimum atomic E-state index is -1.31. The van der Waals surface area contributed by atoms with Gasteiger partial charge in [0.1, 0.15) is 17.4 Å². The second kappa shape index (κ2) is 14.2. The number of ether oxygens (including phenoxy) is 2. The Bertz CT molecular complexity index is 1710. The van der Waals surface area contributed by atoms with Crippen molar-refractivity contribution in [2.24, 2.45) is 11.8 Å². The number of amides is 3. The number of para-hydroxylation sites is 1. The number of nitrogens with zero attached hydrogens (tertiary/aromatic N) is 3. The molecule has 3 aliphatic rings. The van der Waals surface area contributed by atoms with E-state index in [0.29, 0.717) is 47.2 Å². The van der Waals surface area contributed by atoms with E-state index in [1.165, 1.54) is 4.90 Å². The van der Waals surface area contributed by atoms with Gasteiger partial charge in [-0.2, -0.15) is 0 Å². The molecule has 3 saturated heterocycles. The highest BCUT2D eigenvalue weighted by Crippen LogP contribution is 2.60. The molecule has 0 aliphatic carbocycles. The molecule has 3 aliphatic heterocycles. The van der Waals surface area contributed by atoms with E-state index in [1.807, 2.05) is 68.4 Å². The summed E-state index contributed by atoms with van der Waals surface area (Å²) in [6, 6.07) is 19.7. The molecule has 3 aromatic rings. The zero-order chi connectivity index (χ0) is 34.9. The third kappa shape index (κ3) is 5.83. The van der Waals surface area contributed by atoms with Crippen molar-refractivity contribution >= 4 is 40.7 Å². The lowest BCUT2D eigenvalue weighted by Crippen LogP contribution is -2.57.